The standard InChI is InChI=1S/C30H35N5O4S/c1-6-16-39-29(38)35-28-23(17-24(40-28)27(37)33-30(4,5)22-10-8-7-9-11-22)25(34-35)32-26(36)21-14-12-20(13-15-21)18-31-19(2)3/h7-15,17,19,31H,6,16,18H2,1-5H3,(H,33,37)(H,32,34,36). The van der Waals surface area contributed by atoms with Crippen molar-refractivity contribution in [2.24, 2.45) is 0 Å². The Balaban J connectivity index is 1.60. The summed E-state index contributed by atoms with van der Waals surface area (Å²) in [6.07, 6.45) is -0.0254. The second-order valence-electron chi connectivity index (χ2n) is 10.3. The normalized spacial score (nSPS) is 11.6. The minimum absolute atomic E-state index is 0.177. The fourth-order valence-corrected chi connectivity index (χ4v) is 5.03. The van der Waals surface area contributed by atoms with Gasteiger partial charge in [0.1, 0.15) is 4.83 Å². The zero-order chi connectivity index (χ0) is 28.9. The van der Waals surface area contributed by atoms with Gasteiger partial charge >= 0.3 is 6.09 Å². The van der Waals surface area contributed by atoms with Gasteiger partial charge in [-0.25, -0.2) is 4.79 Å². The Morgan fingerprint density at radius 1 is 1.02 bits per heavy atom. The number of nitrogens with one attached hydrogen (secondary N) is 3. The number of carbonyl (C=O) groups is 3. The molecule has 2 aromatic carbocycles. The van der Waals surface area contributed by atoms with Gasteiger partial charge in [-0.3, -0.25) is 9.59 Å². The maximum atomic E-state index is 13.3. The molecule has 2 heterocycles. The quantitative estimate of drug-likeness (QED) is 0.222. The number of fused-ring (bicyclic) bond motifs is 1. The molecule has 10 heteroatoms. The molecule has 2 amide bonds. The van der Waals surface area contributed by atoms with Gasteiger partial charge in [-0.15, -0.1) is 16.4 Å². The minimum Gasteiger partial charge on any atom is -0.448 e. The highest BCUT2D eigenvalue weighted by Gasteiger charge is 2.27. The van der Waals surface area contributed by atoms with E-state index in [4.69, 9.17) is 4.74 Å². The van der Waals surface area contributed by atoms with E-state index >= 15 is 0 Å². The number of benzene rings is 2. The van der Waals surface area contributed by atoms with Crippen molar-refractivity contribution in [3.05, 3.63) is 82.2 Å². The summed E-state index contributed by atoms with van der Waals surface area (Å²) in [4.78, 5) is 40.0. The van der Waals surface area contributed by atoms with Gasteiger partial charge in [0.25, 0.3) is 11.8 Å². The summed E-state index contributed by atoms with van der Waals surface area (Å²) in [6.45, 7) is 10.8. The van der Waals surface area contributed by atoms with E-state index in [0.29, 0.717) is 39.7 Å². The number of aromatic nitrogens is 2. The highest BCUT2D eigenvalue weighted by atomic mass is 32.1. The Hall–Kier alpha value is -4.02. The zero-order valence-electron chi connectivity index (χ0n) is 23.4. The number of amides is 2. The summed E-state index contributed by atoms with van der Waals surface area (Å²) in [6, 6.07) is 18.9. The number of nitrogens with zero attached hydrogens (tertiary/aromatic N) is 2. The van der Waals surface area contributed by atoms with E-state index in [1.807, 2.05) is 63.2 Å². The van der Waals surface area contributed by atoms with Crippen LogP contribution in [0.5, 0.6) is 0 Å². The van der Waals surface area contributed by atoms with Crippen molar-refractivity contribution in [1.82, 2.24) is 20.4 Å². The summed E-state index contributed by atoms with van der Waals surface area (Å²) in [7, 11) is 0. The lowest BCUT2D eigenvalue weighted by atomic mass is 9.94. The summed E-state index contributed by atoms with van der Waals surface area (Å²) >= 11 is 1.11. The van der Waals surface area contributed by atoms with Crippen LogP contribution in [0.15, 0.2) is 60.7 Å². The van der Waals surface area contributed by atoms with Gasteiger partial charge in [0.05, 0.1) is 22.4 Å². The van der Waals surface area contributed by atoms with E-state index in [0.717, 1.165) is 27.1 Å². The van der Waals surface area contributed by atoms with Crippen molar-refractivity contribution < 1.29 is 19.1 Å². The van der Waals surface area contributed by atoms with Crippen LogP contribution in [0.25, 0.3) is 10.2 Å². The van der Waals surface area contributed by atoms with Crippen LogP contribution >= 0.6 is 11.3 Å². The van der Waals surface area contributed by atoms with Crippen LogP contribution < -0.4 is 16.0 Å². The van der Waals surface area contributed by atoms with Crippen molar-refractivity contribution in [3.63, 3.8) is 0 Å². The highest BCUT2D eigenvalue weighted by molar-refractivity contribution is 7.20. The Kier molecular flexibility index (Phi) is 9.01. The molecule has 0 saturated heterocycles. The maximum Gasteiger partial charge on any atom is 0.436 e. The van der Waals surface area contributed by atoms with E-state index in [1.54, 1.807) is 18.2 Å². The second kappa shape index (κ2) is 12.4. The van der Waals surface area contributed by atoms with Gasteiger partial charge in [-0.2, -0.15) is 4.68 Å². The fourth-order valence-electron chi connectivity index (χ4n) is 4.03. The third kappa shape index (κ3) is 6.75. The van der Waals surface area contributed by atoms with Crippen LogP contribution in [-0.2, 0) is 16.8 Å². The summed E-state index contributed by atoms with van der Waals surface area (Å²) in [5.41, 5.74) is 1.83. The molecule has 0 aliphatic rings. The SMILES string of the molecule is CCCOC(=O)n1nc(NC(=O)c2ccc(CNC(C)C)cc2)c2cc(C(=O)NC(C)(C)c3ccccc3)sc21. The Morgan fingerprint density at radius 3 is 2.38 bits per heavy atom. The molecule has 210 valence electrons. The lowest BCUT2D eigenvalue weighted by Crippen LogP contribution is -2.40. The van der Waals surface area contributed by atoms with E-state index in [-0.39, 0.29) is 24.2 Å². The molecule has 0 unspecified atom stereocenters. The van der Waals surface area contributed by atoms with Crippen LogP contribution in [0, 0.1) is 0 Å². The monoisotopic (exact) mass is 561 g/mol. The fraction of sp³-hybridized carbons (Fsp3) is 0.333. The van der Waals surface area contributed by atoms with E-state index in [2.05, 4.69) is 34.9 Å². The molecule has 0 saturated carbocycles. The van der Waals surface area contributed by atoms with Crippen molar-refractivity contribution >= 4 is 45.3 Å². The highest BCUT2D eigenvalue weighted by Crippen LogP contribution is 2.33. The van der Waals surface area contributed by atoms with Gasteiger partial charge in [-0.05, 0) is 49.6 Å². The maximum absolute atomic E-state index is 13.3. The summed E-state index contributed by atoms with van der Waals surface area (Å²) in [5.74, 6) is -0.498. The average molecular weight is 562 g/mol. The average Bonchev–Trinajstić information content (AvgIpc) is 3.52. The minimum atomic E-state index is -0.673. The van der Waals surface area contributed by atoms with Crippen molar-refractivity contribution in [1.29, 1.82) is 0 Å². The third-order valence-corrected chi connectivity index (χ3v) is 7.38. The lowest BCUT2D eigenvalue weighted by molar-refractivity contribution is 0.0915. The predicted octanol–water partition coefficient (Wildman–Crippen LogP) is 5.91. The second-order valence-corrected chi connectivity index (χ2v) is 11.4. The number of hydrogen-bond donors (Lipinski definition) is 3. The topological polar surface area (TPSA) is 114 Å². The Bertz CT molecular complexity index is 1490. The van der Waals surface area contributed by atoms with Gasteiger partial charge in [0, 0.05) is 18.2 Å². The first-order valence-electron chi connectivity index (χ1n) is 13.3. The first-order valence-corrected chi connectivity index (χ1v) is 14.1. The summed E-state index contributed by atoms with van der Waals surface area (Å²) < 4.78 is 6.40. The Morgan fingerprint density at radius 2 is 1.73 bits per heavy atom. The van der Waals surface area contributed by atoms with Crippen molar-refractivity contribution in [3.8, 4) is 0 Å². The van der Waals surface area contributed by atoms with Gasteiger partial charge in [-0.1, -0.05) is 63.2 Å². The molecule has 0 radical (unpaired) electrons. The molecule has 9 nitrogen and oxygen atoms in total. The number of hydrogen-bond acceptors (Lipinski definition) is 7. The van der Waals surface area contributed by atoms with Crippen LogP contribution in [0.4, 0.5) is 10.6 Å². The van der Waals surface area contributed by atoms with Crippen LogP contribution in [0.1, 0.15) is 72.2 Å². The molecule has 0 spiro atoms. The largest absolute Gasteiger partial charge is 0.448 e. The number of rotatable bonds is 10. The molecule has 0 bridgehead atoms. The van der Waals surface area contributed by atoms with Gasteiger partial charge in [0.15, 0.2) is 5.82 Å². The molecule has 40 heavy (non-hydrogen) atoms. The zero-order valence-corrected chi connectivity index (χ0v) is 24.2. The number of ether oxygens (including phenoxy) is 1. The predicted molar refractivity (Wildman–Crippen MR) is 158 cm³/mol. The smallest absolute Gasteiger partial charge is 0.436 e. The number of carbonyl (C=O) groups excluding carboxylic acids is 3. The Labute approximate surface area is 237 Å². The number of thiophene rings is 1. The molecule has 0 aliphatic heterocycles. The molecular weight excluding hydrogens is 526 g/mol. The van der Waals surface area contributed by atoms with Gasteiger partial charge < -0.3 is 20.7 Å². The molecule has 0 fully saturated rings. The number of anilines is 1. The van der Waals surface area contributed by atoms with E-state index < -0.39 is 11.6 Å². The van der Waals surface area contributed by atoms with E-state index in [9.17, 15) is 14.4 Å². The first kappa shape index (κ1) is 29.0. The van der Waals surface area contributed by atoms with E-state index in [1.165, 1.54) is 0 Å². The molecule has 4 aromatic rings. The molecule has 0 aliphatic carbocycles. The van der Waals surface area contributed by atoms with Crippen molar-refractivity contribution in [2.75, 3.05) is 11.9 Å². The molecule has 0 atom stereocenters. The van der Waals surface area contributed by atoms with Crippen LogP contribution in [0.2, 0.25) is 0 Å². The molecular formula is C30H35N5O4S. The molecule has 4 rings (SSSR count). The molecule has 3 N–H and O–H groups in total. The van der Waals surface area contributed by atoms with Crippen LogP contribution in [0.3, 0.4) is 0 Å². The molecule has 2 aromatic heterocycles. The third-order valence-electron chi connectivity index (χ3n) is 6.27. The first-order chi connectivity index (χ1) is 19.1. The lowest BCUT2D eigenvalue weighted by Gasteiger charge is -2.26. The summed E-state index contributed by atoms with van der Waals surface area (Å²) in [5, 5.41) is 14.0. The van der Waals surface area contributed by atoms with Crippen LogP contribution in [-0.4, -0.2) is 40.3 Å². The van der Waals surface area contributed by atoms with Gasteiger partial charge in [0.2, 0.25) is 0 Å². The van der Waals surface area contributed by atoms with Crippen molar-refractivity contribution in [2.45, 2.75) is 59.2 Å².